The van der Waals surface area contributed by atoms with Gasteiger partial charge in [0.25, 0.3) is 0 Å². The van der Waals surface area contributed by atoms with E-state index < -0.39 is 11.7 Å². The fourth-order valence-electron chi connectivity index (χ4n) is 3.86. The van der Waals surface area contributed by atoms with Gasteiger partial charge in [0, 0.05) is 34.0 Å². The van der Waals surface area contributed by atoms with E-state index in [1.54, 1.807) is 17.0 Å². The maximum Gasteiger partial charge on any atom is 0.219 e. The van der Waals surface area contributed by atoms with Crippen LogP contribution in [0.1, 0.15) is 30.7 Å². The van der Waals surface area contributed by atoms with Crippen molar-refractivity contribution in [1.82, 2.24) is 10.2 Å². The predicted molar refractivity (Wildman–Crippen MR) is 120 cm³/mol. The van der Waals surface area contributed by atoms with E-state index in [2.05, 4.69) is 22.8 Å². The summed E-state index contributed by atoms with van der Waals surface area (Å²) in [5.41, 5.74) is 7.56. The Morgan fingerprint density at radius 2 is 2.26 bits per heavy atom. The van der Waals surface area contributed by atoms with Crippen molar-refractivity contribution in [2.24, 2.45) is 5.73 Å². The number of carbonyl (C=O) groups is 1. The van der Waals surface area contributed by atoms with Crippen LogP contribution in [-0.4, -0.2) is 21.7 Å². The zero-order valence-electron chi connectivity index (χ0n) is 16.3. The number of ketones is 1. The van der Waals surface area contributed by atoms with Crippen molar-refractivity contribution in [1.29, 1.82) is 5.26 Å². The SMILES string of the molecule is C=CCSc1nnc(N2C(N)=C(C#N)C(c3c(F)cccc3Cl)C3=C2CCCC3=O)s1. The summed E-state index contributed by atoms with van der Waals surface area (Å²) in [6.07, 6.45) is 3.23. The molecule has 2 aromatic rings. The molecule has 1 aromatic heterocycles. The fourth-order valence-corrected chi connectivity index (χ4v) is 5.78. The summed E-state index contributed by atoms with van der Waals surface area (Å²) in [6.45, 7) is 3.69. The molecule has 1 aromatic carbocycles. The van der Waals surface area contributed by atoms with Crippen molar-refractivity contribution >= 4 is 45.6 Å². The quantitative estimate of drug-likeness (QED) is 0.486. The van der Waals surface area contributed by atoms with E-state index in [4.69, 9.17) is 17.3 Å². The smallest absolute Gasteiger partial charge is 0.219 e. The highest BCUT2D eigenvalue weighted by atomic mass is 35.5. The Kier molecular flexibility index (Phi) is 6.14. The second-order valence-electron chi connectivity index (χ2n) is 6.90. The first-order valence-corrected chi connectivity index (χ1v) is 11.6. The van der Waals surface area contributed by atoms with E-state index in [0.29, 0.717) is 45.8 Å². The van der Waals surface area contributed by atoms with Gasteiger partial charge in [0.05, 0.1) is 17.6 Å². The highest BCUT2D eigenvalue weighted by molar-refractivity contribution is 8.01. The van der Waals surface area contributed by atoms with E-state index in [9.17, 15) is 14.4 Å². The summed E-state index contributed by atoms with van der Waals surface area (Å²) in [7, 11) is 0. The molecule has 0 saturated carbocycles. The standard InChI is InChI=1S/C21H17ClFN5OS2/c1-2-9-30-21-27-26-20(31-21)28-14-7-4-8-15(29)18(14)16(11(10-24)19(28)25)17-12(22)5-3-6-13(17)23/h2-3,5-6,16H,1,4,7-9,25H2. The number of carbonyl (C=O) groups excluding carboxylic acids is 1. The fraction of sp³-hybridized carbons (Fsp3) is 0.238. The molecule has 0 radical (unpaired) electrons. The van der Waals surface area contributed by atoms with Crippen LogP contribution in [0.5, 0.6) is 0 Å². The van der Waals surface area contributed by atoms with Crippen molar-refractivity contribution < 1.29 is 9.18 Å². The number of hydrogen-bond donors (Lipinski definition) is 1. The average Bonchev–Trinajstić information content (AvgIpc) is 3.20. The van der Waals surface area contributed by atoms with Crippen LogP contribution in [0.3, 0.4) is 0 Å². The number of rotatable bonds is 5. The van der Waals surface area contributed by atoms with E-state index in [0.717, 1.165) is 0 Å². The van der Waals surface area contributed by atoms with E-state index >= 15 is 0 Å². The summed E-state index contributed by atoms with van der Waals surface area (Å²) in [6, 6.07) is 6.38. The lowest BCUT2D eigenvalue weighted by Gasteiger charge is -2.38. The van der Waals surface area contributed by atoms with E-state index in [1.807, 2.05) is 0 Å². The molecule has 0 saturated heterocycles. The van der Waals surface area contributed by atoms with Crippen LogP contribution in [-0.2, 0) is 4.79 Å². The van der Waals surface area contributed by atoms with Gasteiger partial charge < -0.3 is 5.73 Å². The third kappa shape index (κ3) is 3.76. The molecule has 0 bridgehead atoms. The number of benzene rings is 1. The normalized spacial score (nSPS) is 18.8. The Bertz CT molecular complexity index is 1160. The van der Waals surface area contributed by atoms with Gasteiger partial charge in [0.1, 0.15) is 11.6 Å². The highest BCUT2D eigenvalue weighted by Crippen LogP contribution is 2.48. The molecule has 1 aliphatic heterocycles. The van der Waals surface area contributed by atoms with Crippen molar-refractivity contribution in [2.75, 3.05) is 10.7 Å². The van der Waals surface area contributed by atoms with Crippen molar-refractivity contribution in [2.45, 2.75) is 29.5 Å². The van der Waals surface area contributed by atoms with Gasteiger partial charge >= 0.3 is 0 Å². The molecular formula is C21H17ClFN5OS2. The third-order valence-corrected chi connectivity index (χ3v) is 7.48. The molecule has 158 valence electrons. The number of nitriles is 1. The lowest BCUT2D eigenvalue weighted by molar-refractivity contribution is -0.116. The van der Waals surface area contributed by atoms with Crippen molar-refractivity contribution in [3.8, 4) is 6.07 Å². The number of anilines is 1. The molecule has 2 N–H and O–H groups in total. The molecule has 0 amide bonds. The van der Waals surface area contributed by atoms with Crippen LogP contribution in [0.25, 0.3) is 0 Å². The molecule has 1 aliphatic carbocycles. The van der Waals surface area contributed by atoms with Crippen LogP contribution < -0.4 is 10.6 Å². The second-order valence-corrected chi connectivity index (χ2v) is 9.53. The van der Waals surface area contributed by atoms with Crippen LogP contribution in [0.2, 0.25) is 5.02 Å². The number of aromatic nitrogens is 2. The summed E-state index contributed by atoms with van der Waals surface area (Å²) in [5.74, 6) is -0.918. The molecule has 0 fully saturated rings. The number of nitrogens with zero attached hydrogens (tertiary/aromatic N) is 4. The van der Waals surface area contributed by atoms with Gasteiger partial charge in [0.2, 0.25) is 5.13 Å². The molecule has 0 spiro atoms. The largest absolute Gasteiger partial charge is 0.384 e. The van der Waals surface area contributed by atoms with Crippen molar-refractivity contribution in [3.05, 3.63) is 69.9 Å². The first kappa shape index (κ1) is 21.6. The maximum atomic E-state index is 14.9. The van der Waals surface area contributed by atoms with Gasteiger partial charge in [-0.25, -0.2) is 4.39 Å². The Labute approximate surface area is 191 Å². The first-order valence-electron chi connectivity index (χ1n) is 9.45. The predicted octanol–water partition coefficient (Wildman–Crippen LogP) is 4.91. The zero-order valence-corrected chi connectivity index (χ0v) is 18.7. The zero-order chi connectivity index (χ0) is 22.1. The topological polar surface area (TPSA) is 95.9 Å². The molecule has 6 nitrogen and oxygen atoms in total. The minimum Gasteiger partial charge on any atom is -0.384 e. The Morgan fingerprint density at radius 1 is 1.45 bits per heavy atom. The molecule has 4 rings (SSSR count). The summed E-state index contributed by atoms with van der Waals surface area (Å²) < 4.78 is 15.6. The van der Waals surface area contributed by atoms with E-state index in [-0.39, 0.29) is 27.8 Å². The average molecular weight is 474 g/mol. The van der Waals surface area contributed by atoms with Gasteiger partial charge in [-0.1, -0.05) is 46.8 Å². The number of allylic oxidation sites excluding steroid dienone is 3. The molecule has 1 unspecified atom stereocenters. The monoisotopic (exact) mass is 473 g/mol. The number of Topliss-reactive ketones (excluding diaryl/α,β-unsaturated/α-hetero) is 1. The number of hydrogen-bond acceptors (Lipinski definition) is 8. The maximum absolute atomic E-state index is 14.9. The van der Waals surface area contributed by atoms with Crippen LogP contribution >= 0.6 is 34.7 Å². The highest BCUT2D eigenvalue weighted by Gasteiger charge is 2.42. The minimum atomic E-state index is -0.958. The Morgan fingerprint density at radius 3 is 2.97 bits per heavy atom. The summed E-state index contributed by atoms with van der Waals surface area (Å²) in [5, 5.41) is 19.0. The molecule has 10 heteroatoms. The summed E-state index contributed by atoms with van der Waals surface area (Å²) >= 11 is 9.10. The van der Waals surface area contributed by atoms with Gasteiger partial charge in [-0.3, -0.25) is 9.69 Å². The number of nitrogens with two attached hydrogens (primary N) is 1. The van der Waals surface area contributed by atoms with E-state index in [1.165, 1.54) is 35.2 Å². The van der Waals surface area contributed by atoms with Gasteiger partial charge in [0.15, 0.2) is 10.1 Å². The Balaban J connectivity index is 1.92. The van der Waals surface area contributed by atoms with Gasteiger partial charge in [-0.2, -0.15) is 5.26 Å². The van der Waals surface area contributed by atoms with Crippen LogP contribution in [0.4, 0.5) is 9.52 Å². The molecule has 2 heterocycles. The number of halogens is 2. The first-order chi connectivity index (χ1) is 15.0. The molecule has 31 heavy (non-hydrogen) atoms. The van der Waals surface area contributed by atoms with Gasteiger partial charge in [-0.05, 0) is 25.0 Å². The van der Waals surface area contributed by atoms with Crippen LogP contribution in [0.15, 0.2) is 57.9 Å². The molecule has 2 aliphatic rings. The third-order valence-electron chi connectivity index (χ3n) is 5.11. The lowest BCUT2D eigenvalue weighted by atomic mass is 9.75. The molecular weight excluding hydrogens is 457 g/mol. The van der Waals surface area contributed by atoms with Gasteiger partial charge in [-0.15, -0.1) is 16.8 Å². The number of thioether (sulfide) groups is 1. The van der Waals surface area contributed by atoms with Crippen molar-refractivity contribution in [3.63, 3.8) is 0 Å². The second kappa shape index (κ2) is 8.83. The summed E-state index contributed by atoms with van der Waals surface area (Å²) in [4.78, 5) is 14.7. The molecule has 1 atom stereocenters. The lowest BCUT2D eigenvalue weighted by Crippen LogP contribution is -2.39. The van der Waals surface area contributed by atoms with Crippen LogP contribution in [0, 0.1) is 17.1 Å². The Hall–Kier alpha value is -2.67. The minimum absolute atomic E-state index is 0.0662.